The van der Waals surface area contributed by atoms with Crippen molar-refractivity contribution in [2.24, 2.45) is 0 Å². The molecule has 0 aliphatic heterocycles. The van der Waals surface area contributed by atoms with E-state index in [2.05, 4.69) is 26.2 Å². The van der Waals surface area contributed by atoms with E-state index in [0.29, 0.717) is 6.04 Å². The number of rotatable bonds is 5. The quantitative estimate of drug-likeness (QED) is 0.891. The Balaban J connectivity index is 1.69. The van der Waals surface area contributed by atoms with E-state index in [1.165, 1.54) is 12.8 Å². The number of hydrogen-bond acceptors (Lipinski definition) is 3. The summed E-state index contributed by atoms with van der Waals surface area (Å²) in [5.74, 6) is 1.61. The highest BCUT2D eigenvalue weighted by atomic mass is 79.9. The third-order valence-electron chi connectivity index (χ3n) is 3.31. The van der Waals surface area contributed by atoms with Gasteiger partial charge in [-0.25, -0.2) is 0 Å². The second kappa shape index (κ2) is 5.94. The molecule has 1 N–H and O–H groups in total. The Morgan fingerprint density at radius 2 is 2.10 bits per heavy atom. The fourth-order valence-electron chi connectivity index (χ4n) is 1.98. The molecule has 0 saturated heterocycles. The van der Waals surface area contributed by atoms with Crippen LogP contribution in [0.25, 0.3) is 0 Å². The fourth-order valence-corrected chi connectivity index (χ4v) is 2.23. The molecule has 2 aromatic rings. The molecule has 1 aliphatic carbocycles. The van der Waals surface area contributed by atoms with Crippen molar-refractivity contribution in [2.75, 3.05) is 0 Å². The fraction of sp³-hybridized carbons (Fsp3) is 0.312. The monoisotopic (exact) mass is 332 g/mol. The Bertz CT molecular complexity index is 611. The van der Waals surface area contributed by atoms with Gasteiger partial charge in [-0.3, -0.25) is 4.98 Å². The molecule has 1 saturated carbocycles. The Labute approximate surface area is 127 Å². The van der Waals surface area contributed by atoms with Crippen LogP contribution in [0.3, 0.4) is 0 Å². The van der Waals surface area contributed by atoms with E-state index in [-0.39, 0.29) is 0 Å². The molecule has 0 bridgehead atoms. The molecule has 0 radical (unpaired) electrons. The predicted molar refractivity (Wildman–Crippen MR) is 83.1 cm³/mol. The second-order valence-electron chi connectivity index (χ2n) is 5.20. The van der Waals surface area contributed by atoms with E-state index in [9.17, 15) is 0 Å². The minimum absolute atomic E-state index is 0.702. The van der Waals surface area contributed by atoms with E-state index in [4.69, 9.17) is 4.74 Å². The van der Waals surface area contributed by atoms with Crippen LogP contribution in [0.4, 0.5) is 0 Å². The van der Waals surface area contributed by atoms with Crippen LogP contribution in [-0.4, -0.2) is 11.0 Å². The molecule has 1 heterocycles. The van der Waals surface area contributed by atoms with Crippen molar-refractivity contribution in [1.82, 2.24) is 10.3 Å². The van der Waals surface area contributed by atoms with Gasteiger partial charge in [0.15, 0.2) is 0 Å². The van der Waals surface area contributed by atoms with E-state index in [1.54, 1.807) is 6.20 Å². The first-order valence-electron chi connectivity index (χ1n) is 6.82. The number of hydrogen-bond donors (Lipinski definition) is 1. The third kappa shape index (κ3) is 3.58. The molecule has 0 atom stereocenters. The number of ether oxygens (including phenoxy) is 1. The van der Waals surface area contributed by atoms with Crippen molar-refractivity contribution < 1.29 is 4.74 Å². The molecule has 1 aromatic carbocycles. The van der Waals surface area contributed by atoms with E-state index >= 15 is 0 Å². The number of aryl methyl sites for hydroxylation is 1. The summed E-state index contributed by atoms with van der Waals surface area (Å²) >= 11 is 3.49. The van der Waals surface area contributed by atoms with Crippen LogP contribution in [0, 0.1) is 6.92 Å². The molecule has 0 spiro atoms. The number of aromatic nitrogens is 1. The summed E-state index contributed by atoms with van der Waals surface area (Å²) in [5.41, 5.74) is 2.31. The van der Waals surface area contributed by atoms with Crippen LogP contribution in [0.2, 0.25) is 0 Å². The topological polar surface area (TPSA) is 34.1 Å². The maximum absolute atomic E-state index is 5.87. The molecule has 1 aromatic heterocycles. The number of nitrogens with one attached hydrogen (secondary N) is 1. The van der Waals surface area contributed by atoms with Crippen LogP contribution in [0.1, 0.15) is 24.0 Å². The summed E-state index contributed by atoms with van der Waals surface area (Å²) in [4.78, 5) is 4.24. The van der Waals surface area contributed by atoms with Crippen LogP contribution in [0.5, 0.6) is 11.5 Å². The molecule has 1 aliphatic rings. The van der Waals surface area contributed by atoms with Gasteiger partial charge in [-0.05, 0) is 55.2 Å². The van der Waals surface area contributed by atoms with Gasteiger partial charge in [0.2, 0.25) is 0 Å². The Hall–Kier alpha value is -1.39. The molecular formula is C16H17BrN2O. The maximum atomic E-state index is 5.87. The van der Waals surface area contributed by atoms with Crippen molar-refractivity contribution >= 4 is 15.9 Å². The SMILES string of the molecule is Cc1cc(Oc2cncc(CNC3CC3)c2)ccc1Br. The zero-order valence-corrected chi connectivity index (χ0v) is 13.0. The van der Waals surface area contributed by atoms with Gasteiger partial charge >= 0.3 is 0 Å². The summed E-state index contributed by atoms with van der Waals surface area (Å²) in [6.45, 7) is 2.90. The van der Waals surface area contributed by atoms with Crippen molar-refractivity contribution in [3.8, 4) is 11.5 Å². The van der Waals surface area contributed by atoms with Crippen LogP contribution in [0.15, 0.2) is 41.1 Å². The lowest BCUT2D eigenvalue weighted by molar-refractivity contribution is 0.478. The van der Waals surface area contributed by atoms with Crippen molar-refractivity contribution in [2.45, 2.75) is 32.4 Å². The predicted octanol–water partition coefficient (Wildman–Crippen LogP) is 4.20. The number of benzene rings is 1. The molecule has 4 heteroatoms. The highest BCUT2D eigenvalue weighted by Gasteiger charge is 2.19. The number of halogens is 1. The second-order valence-corrected chi connectivity index (χ2v) is 6.05. The molecular weight excluding hydrogens is 316 g/mol. The minimum Gasteiger partial charge on any atom is -0.456 e. The van der Waals surface area contributed by atoms with Gasteiger partial charge in [0, 0.05) is 23.3 Å². The first kappa shape index (κ1) is 13.6. The summed E-state index contributed by atoms with van der Waals surface area (Å²) in [5, 5.41) is 3.48. The summed E-state index contributed by atoms with van der Waals surface area (Å²) < 4.78 is 6.95. The van der Waals surface area contributed by atoms with E-state index in [1.807, 2.05) is 37.4 Å². The highest BCUT2D eigenvalue weighted by molar-refractivity contribution is 9.10. The summed E-state index contributed by atoms with van der Waals surface area (Å²) in [6.07, 6.45) is 6.22. The van der Waals surface area contributed by atoms with Gasteiger partial charge in [-0.2, -0.15) is 0 Å². The van der Waals surface area contributed by atoms with Gasteiger partial charge in [-0.1, -0.05) is 15.9 Å². The van der Waals surface area contributed by atoms with Gasteiger partial charge in [0.25, 0.3) is 0 Å². The lowest BCUT2D eigenvalue weighted by atomic mass is 10.2. The average molecular weight is 333 g/mol. The lowest BCUT2D eigenvalue weighted by Gasteiger charge is -2.09. The lowest BCUT2D eigenvalue weighted by Crippen LogP contribution is -2.15. The average Bonchev–Trinajstić information content (AvgIpc) is 3.25. The standard InChI is InChI=1S/C16H17BrN2O/c1-11-6-14(4-5-16(11)17)20-15-7-12(8-18-10-15)9-19-13-2-3-13/h4-8,10,13,19H,2-3,9H2,1H3. The molecule has 0 unspecified atom stereocenters. The van der Waals surface area contributed by atoms with Gasteiger partial charge in [0.05, 0.1) is 6.20 Å². The molecule has 3 nitrogen and oxygen atoms in total. The maximum Gasteiger partial charge on any atom is 0.146 e. The first-order chi connectivity index (χ1) is 9.70. The van der Waals surface area contributed by atoms with Crippen LogP contribution in [-0.2, 0) is 6.54 Å². The molecule has 0 amide bonds. The number of pyridine rings is 1. The third-order valence-corrected chi connectivity index (χ3v) is 4.20. The smallest absolute Gasteiger partial charge is 0.146 e. The van der Waals surface area contributed by atoms with Crippen molar-refractivity contribution in [3.05, 3.63) is 52.3 Å². The molecule has 3 rings (SSSR count). The molecule has 1 fully saturated rings. The Kier molecular flexibility index (Phi) is 4.03. The zero-order valence-electron chi connectivity index (χ0n) is 11.4. The zero-order chi connectivity index (χ0) is 13.9. The minimum atomic E-state index is 0.702. The first-order valence-corrected chi connectivity index (χ1v) is 7.61. The van der Waals surface area contributed by atoms with Gasteiger partial charge in [0.1, 0.15) is 11.5 Å². The largest absolute Gasteiger partial charge is 0.456 e. The van der Waals surface area contributed by atoms with Crippen LogP contribution >= 0.6 is 15.9 Å². The number of nitrogens with zero attached hydrogens (tertiary/aromatic N) is 1. The van der Waals surface area contributed by atoms with E-state index in [0.717, 1.165) is 33.6 Å². The summed E-state index contributed by atoms with van der Waals surface area (Å²) in [6, 6.07) is 8.70. The van der Waals surface area contributed by atoms with Crippen molar-refractivity contribution in [1.29, 1.82) is 0 Å². The van der Waals surface area contributed by atoms with Gasteiger partial charge < -0.3 is 10.1 Å². The Morgan fingerprint density at radius 3 is 2.85 bits per heavy atom. The normalized spacial score (nSPS) is 14.3. The van der Waals surface area contributed by atoms with E-state index < -0.39 is 0 Å². The molecule has 104 valence electrons. The molecule has 20 heavy (non-hydrogen) atoms. The van der Waals surface area contributed by atoms with Crippen LogP contribution < -0.4 is 10.1 Å². The summed E-state index contributed by atoms with van der Waals surface area (Å²) in [7, 11) is 0. The Morgan fingerprint density at radius 1 is 1.25 bits per heavy atom. The van der Waals surface area contributed by atoms with Crippen molar-refractivity contribution in [3.63, 3.8) is 0 Å². The van der Waals surface area contributed by atoms with Gasteiger partial charge in [-0.15, -0.1) is 0 Å². The highest BCUT2D eigenvalue weighted by Crippen LogP contribution is 2.26.